The summed E-state index contributed by atoms with van der Waals surface area (Å²) in [6.45, 7) is 6.63. The summed E-state index contributed by atoms with van der Waals surface area (Å²) in [7, 11) is 0. The van der Waals surface area contributed by atoms with Crippen molar-refractivity contribution >= 4 is 0 Å². The Morgan fingerprint density at radius 1 is 1.24 bits per heavy atom. The lowest BCUT2D eigenvalue weighted by Gasteiger charge is -2.25. The molecule has 0 bridgehead atoms. The van der Waals surface area contributed by atoms with Gasteiger partial charge >= 0.3 is 0 Å². The molecule has 0 aromatic heterocycles. The number of benzene rings is 1. The second-order valence-electron chi connectivity index (χ2n) is 4.96. The molecule has 0 saturated heterocycles. The van der Waals surface area contributed by atoms with Crippen LogP contribution in [-0.4, -0.2) is 18.2 Å². The lowest BCUT2D eigenvalue weighted by molar-refractivity contribution is 0.0557. The summed E-state index contributed by atoms with van der Waals surface area (Å²) in [6.07, 6.45) is 0. The molecule has 4 heteroatoms. The maximum atomic E-state index is 13.0. The summed E-state index contributed by atoms with van der Waals surface area (Å²) >= 11 is 0. The Labute approximate surface area is 101 Å². The molecule has 1 aromatic rings. The zero-order valence-corrected chi connectivity index (χ0v) is 10.4. The van der Waals surface area contributed by atoms with Crippen molar-refractivity contribution in [2.45, 2.75) is 26.4 Å². The lowest BCUT2D eigenvalue weighted by Crippen LogP contribution is -2.37. The molecule has 0 amide bonds. The molecule has 0 spiro atoms. The van der Waals surface area contributed by atoms with Crippen molar-refractivity contribution in [1.29, 1.82) is 0 Å². The third-order valence-electron chi connectivity index (χ3n) is 2.51. The molecular weight excluding hydrogens is 224 g/mol. The number of rotatable bonds is 5. The number of nitrogens with one attached hydrogen (secondary N) is 1. The van der Waals surface area contributed by atoms with Crippen LogP contribution < -0.4 is 5.32 Å². The first kappa shape index (κ1) is 14.1. The first-order valence-electron chi connectivity index (χ1n) is 5.71. The van der Waals surface area contributed by atoms with Crippen molar-refractivity contribution in [1.82, 2.24) is 5.32 Å². The molecule has 1 rings (SSSR count). The van der Waals surface area contributed by atoms with Gasteiger partial charge in [-0.15, -0.1) is 0 Å². The Bertz CT molecular complexity index is 357. The van der Waals surface area contributed by atoms with Gasteiger partial charge in [0.05, 0.1) is 5.60 Å². The maximum Gasteiger partial charge on any atom is 0.126 e. The van der Waals surface area contributed by atoms with Crippen LogP contribution in [0.15, 0.2) is 18.2 Å². The van der Waals surface area contributed by atoms with Crippen LogP contribution in [0, 0.1) is 17.6 Å². The summed E-state index contributed by atoms with van der Waals surface area (Å²) in [5.74, 6) is -0.900. The monoisotopic (exact) mass is 243 g/mol. The molecule has 1 atom stereocenters. The van der Waals surface area contributed by atoms with Gasteiger partial charge in [-0.3, -0.25) is 0 Å². The highest BCUT2D eigenvalue weighted by molar-refractivity contribution is 5.24. The van der Waals surface area contributed by atoms with Crippen LogP contribution in [0.1, 0.15) is 26.3 Å². The van der Waals surface area contributed by atoms with Crippen LogP contribution in [-0.2, 0) is 5.60 Å². The molecule has 2 nitrogen and oxygen atoms in total. The molecule has 0 aliphatic carbocycles. The Balaban J connectivity index is 2.74. The van der Waals surface area contributed by atoms with Crippen LogP contribution in [0.2, 0.25) is 0 Å². The molecule has 0 fully saturated rings. The van der Waals surface area contributed by atoms with Gasteiger partial charge in [-0.2, -0.15) is 0 Å². The van der Waals surface area contributed by atoms with E-state index in [0.29, 0.717) is 5.92 Å². The van der Waals surface area contributed by atoms with Crippen molar-refractivity contribution in [2.24, 2.45) is 5.92 Å². The van der Waals surface area contributed by atoms with Crippen molar-refractivity contribution in [3.8, 4) is 0 Å². The van der Waals surface area contributed by atoms with Crippen LogP contribution in [0.25, 0.3) is 0 Å². The third-order valence-corrected chi connectivity index (χ3v) is 2.51. The molecule has 17 heavy (non-hydrogen) atoms. The van der Waals surface area contributed by atoms with Gasteiger partial charge in [0.2, 0.25) is 0 Å². The van der Waals surface area contributed by atoms with Gasteiger partial charge in [-0.1, -0.05) is 13.8 Å². The number of hydrogen-bond acceptors (Lipinski definition) is 2. The Hall–Kier alpha value is -1.00. The van der Waals surface area contributed by atoms with E-state index in [2.05, 4.69) is 5.32 Å². The van der Waals surface area contributed by atoms with E-state index in [-0.39, 0.29) is 12.1 Å². The fraction of sp³-hybridized carbons (Fsp3) is 0.538. The van der Waals surface area contributed by atoms with E-state index >= 15 is 0 Å². The predicted octanol–water partition coefficient (Wildman–Crippen LogP) is 2.42. The standard InChI is InChI=1S/C13H19F2NO/c1-9(2)7-16-8-13(3,17)10-4-11(14)6-12(15)5-10/h4-6,9,16-17H,7-8H2,1-3H3. The molecule has 1 aromatic carbocycles. The van der Waals surface area contributed by atoms with Gasteiger partial charge < -0.3 is 10.4 Å². The second kappa shape index (κ2) is 5.56. The predicted molar refractivity (Wildman–Crippen MR) is 63.6 cm³/mol. The summed E-state index contributed by atoms with van der Waals surface area (Å²) in [5, 5.41) is 13.2. The normalized spacial score (nSPS) is 15.0. The highest BCUT2D eigenvalue weighted by Crippen LogP contribution is 2.21. The number of aliphatic hydroxyl groups is 1. The highest BCUT2D eigenvalue weighted by Gasteiger charge is 2.24. The highest BCUT2D eigenvalue weighted by atomic mass is 19.1. The van der Waals surface area contributed by atoms with Crippen LogP contribution in [0.3, 0.4) is 0 Å². The molecule has 96 valence electrons. The molecule has 0 aliphatic heterocycles. The van der Waals surface area contributed by atoms with E-state index in [1.54, 1.807) is 0 Å². The van der Waals surface area contributed by atoms with Gasteiger partial charge in [0.25, 0.3) is 0 Å². The average molecular weight is 243 g/mol. The van der Waals surface area contributed by atoms with Crippen LogP contribution >= 0.6 is 0 Å². The average Bonchev–Trinajstić information content (AvgIpc) is 2.14. The molecule has 1 unspecified atom stereocenters. The van der Waals surface area contributed by atoms with Crippen LogP contribution in [0.4, 0.5) is 8.78 Å². The molecule has 0 aliphatic rings. The summed E-state index contributed by atoms with van der Waals surface area (Å²) in [5.41, 5.74) is -1.04. The van der Waals surface area contributed by atoms with E-state index in [9.17, 15) is 13.9 Å². The zero-order valence-electron chi connectivity index (χ0n) is 10.4. The van der Waals surface area contributed by atoms with Gasteiger partial charge in [-0.05, 0) is 37.1 Å². The first-order valence-corrected chi connectivity index (χ1v) is 5.71. The Morgan fingerprint density at radius 2 is 1.76 bits per heavy atom. The number of halogens is 2. The fourth-order valence-corrected chi connectivity index (χ4v) is 1.57. The lowest BCUT2D eigenvalue weighted by atomic mass is 9.95. The Morgan fingerprint density at radius 3 is 2.24 bits per heavy atom. The largest absolute Gasteiger partial charge is 0.384 e. The maximum absolute atomic E-state index is 13.0. The van der Waals surface area contributed by atoms with Gasteiger partial charge in [0, 0.05) is 12.6 Å². The smallest absolute Gasteiger partial charge is 0.126 e. The summed E-state index contributed by atoms with van der Waals surface area (Å²) in [4.78, 5) is 0. The minimum Gasteiger partial charge on any atom is -0.384 e. The van der Waals surface area contributed by atoms with Crippen LogP contribution in [0.5, 0.6) is 0 Å². The van der Waals surface area contributed by atoms with E-state index in [1.165, 1.54) is 6.92 Å². The first-order chi connectivity index (χ1) is 7.81. The van der Waals surface area contributed by atoms with E-state index in [1.807, 2.05) is 13.8 Å². The molecule has 2 N–H and O–H groups in total. The van der Waals surface area contributed by atoms with Gasteiger partial charge in [-0.25, -0.2) is 8.78 Å². The van der Waals surface area contributed by atoms with E-state index in [0.717, 1.165) is 24.7 Å². The van der Waals surface area contributed by atoms with Crippen molar-refractivity contribution in [3.63, 3.8) is 0 Å². The molecule has 0 saturated carbocycles. The minimum absolute atomic E-state index is 0.242. The SMILES string of the molecule is CC(C)CNCC(C)(O)c1cc(F)cc(F)c1. The fourth-order valence-electron chi connectivity index (χ4n) is 1.57. The van der Waals surface area contributed by atoms with Crippen molar-refractivity contribution in [3.05, 3.63) is 35.4 Å². The minimum atomic E-state index is -1.28. The van der Waals surface area contributed by atoms with E-state index < -0.39 is 17.2 Å². The molecule has 0 radical (unpaired) electrons. The van der Waals surface area contributed by atoms with Crippen molar-refractivity contribution in [2.75, 3.05) is 13.1 Å². The van der Waals surface area contributed by atoms with Gasteiger partial charge in [0.1, 0.15) is 11.6 Å². The zero-order chi connectivity index (χ0) is 13.1. The summed E-state index contributed by atoms with van der Waals surface area (Å²) < 4.78 is 26.1. The van der Waals surface area contributed by atoms with Gasteiger partial charge in [0.15, 0.2) is 0 Å². The molecule has 0 heterocycles. The Kier molecular flexibility index (Phi) is 4.60. The third kappa shape index (κ3) is 4.40. The van der Waals surface area contributed by atoms with E-state index in [4.69, 9.17) is 0 Å². The van der Waals surface area contributed by atoms with Crippen molar-refractivity contribution < 1.29 is 13.9 Å². The second-order valence-corrected chi connectivity index (χ2v) is 4.96. The molecular formula is C13H19F2NO. The topological polar surface area (TPSA) is 32.3 Å². The number of hydrogen-bond donors (Lipinski definition) is 2. The quantitative estimate of drug-likeness (QED) is 0.832. The summed E-state index contributed by atoms with van der Waals surface area (Å²) in [6, 6.07) is 3.10.